The third kappa shape index (κ3) is 4.38. The minimum atomic E-state index is -4.80. The average Bonchev–Trinajstić information content (AvgIpc) is 3.35. The van der Waals surface area contributed by atoms with Crippen LogP contribution in [0.4, 0.5) is 13.2 Å². The topological polar surface area (TPSA) is 70.4 Å². The second kappa shape index (κ2) is 7.90. The van der Waals surface area contributed by atoms with Gasteiger partial charge in [-0.2, -0.15) is 18.3 Å². The summed E-state index contributed by atoms with van der Waals surface area (Å²) in [6, 6.07) is 3.40. The van der Waals surface area contributed by atoms with Gasteiger partial charge in [-0.05, 0) is 37.0 Å². The van der Waals surface area contributed by atoms with E-state index in [0.29, 0.717) is 31.7 Å². The molecule has 0 N–H and O–H groups in total. The molecule has 2 aliphatic rings. The van der Waals surface area contributed by atoms with Crippen LogP contribution in [-0.4, -0.2) is 49.9 Å². The zero-order valence-electron chi connectivity index (χ0n) is 17.4. The van der Waals surface area contributed by atoms with Gasteiger partial charge < -0.3 is 9.47 Å². The minimum absolute atomic E-state index is 0.0420. The van der Waals surface area contributed by atoms with Gasteiger partial charge in [-0.3, -0.25) is 4.68 Å². The number of alkyl halides is 3. The number of hydrogen-bond donors (Lipinski definition) is 0. The molecule has 2 aromatic rings. The molecule has 0 radical (unpaired) electrons. The van der Waals surface area contributed by atoms with Gasteiger partial charge in [-0.25, -0.2) is 8.42 Å². The maximum atomic E-state index is 13.9. The first-order valence-corrected chi connectivity index (χ1v) is 11.6. The fraction of sp³-hybridized carbons (Fsp3) is 0.571. The second-order valence-electron chi connectivity index (χ2n) is 8.78. The first-order valence-electron chi connectivity index (χ1n) is 10.1. The highest BCUT2D eigenvalue weighted by atomic mass is 32.2. The summed E-state index contributed by atoms with van der Waals surface area (Å²) in [5, 5.41) is 3.37. The highest BCUT2D eigenvalue weighted by Gasteiger charge is 2.42. The lowest BCUT2D eigenvalue weighted by Gasteiger charge is -2.37. The average molecular weight is 459 g/mol. The van der Waals surface area contributed by atoms with E-state index in [9.17, 15) is 21.6 Å². The first-order chi connectivity index (χ1) is 14.5. The maximum absolute atomic E-state index is 13.9. The molecule has 0 bridgehead atoms. The van der Waals surface area contributed by atoms with Gasteiger partial charge in [0.05, 0.1) is 47.8 Å². The Labute approximate surface area is 179 Å². The van der Waals surface area contributed by atoms with E-state index >= 15 is 0 Å². The van der Waals surface area contributed by atoms with Crippen LogP contribution in [0.5, 0.6) is 0 Å². The van der Waals surface area contributed by atoms with Crippen molar-refractivity contribution < 1.29 is 31.1 Å². The number of hydrogen-bond acceptors (Lipinski definition) is 5. The molecule has 1 aliphatic carbocycles. The first kappa shape index (κ1) is 22.3. The molecule has 1 aliphatic heterocycles. The number of methoxy groups -OCH3 is 1. The van der Waals surface area contributed by atoms with Gasteiger partial charge in [0.1, 0.15) is 0 Å². The van der Waals surface area contributed by atoms with Crippen molar-refractivity contribution in [3.05, 3.63) is 36.2 Å². The number of rotatable bonds is 6. The van der Waals surface area contributed by atoms with E-state index in [0.717, 1.165) is 12.1 Å². The van der Waals surface area contributed by atoms with Crippen molar-refractivity contribution in [3.8, 4) is 11.1 Å². The third-order valence-electron chi connectivity index (χ3n) is 6.11. The molecule has 1 saturated carbocycles. The molecular weight excluding hydrogens is 433 g/mol. The molecule has 0 unspecified atom stereocenters. The molecule has 1 saturated heterocycles. The molecule has 2 fully saturated rings. The van der Waals surface area contributed by atoms with Crippen LogP contribution >= 0.6 is 0 Å². The van der Waals surface area contributed by atoms with Gasteiger partial charge in [0.25, 0.3) is 0 Å². The summed E-state index contributed by atoms with van der Waals surface area (Å²) in [4.78, 5) is -0.669. The Kier molecular flexibility index (Phi) is 5.68. The molecular formula is C21H25F3N2O4S. The van der Waals surface area contributed by atoms with Crippen LogP contribution in [0.15, 0.2) is 35.5 Å². The van der Waals surface area contributed by atoms with Gasteiger partial charge in [0.15, 0.2) is 9.84 Å². The van der Waals surface area contributed by atoms with Gasteiger partial charge in [-0.1, -0.05) is 13.0 Å². The van der Waals surface area contributed by atoms with Crippen LogP contribution in [0, 0.1) is 5.41 Å². The highest BCUT2D eigenvalue weighted by Crippen LogP contribution is 2.40. The number of nitrogens with zero attached hydrogens (tertiary/aromatic N) is 2. The van der Waals surface area contributed by atoms with Gasteiger partial charge in [0, 0.05) is 24.3 Å². The monoisotopic (exact) mass is 458 g/mol. The van der Waals surface area contributed by atoms with E-state index in [-0.39, 0.29) is 29.9 Å². The SMILES string of the molecule is CO[C@H]1CC[C@@H](S(=O)(=O)c2ccc(-c3cnn(CC4(C)COC4)c3)cc2C(F)(F)F)C1. The van der Waals surface area contributed by atoms with Crippen LogP contribution in [0.2, 0.25) is 0 Å². The molecule has 1 aromatic heterocycles. The van der Waals surface area contributed by atoms with E-state index in [2.05, 4.69) is 12.0 Å². The predicted molar refractivity (Wildman–Crippen MR) is 107 cm³/mol. The van der Waals surface area contributed by atoms with E-state index in [4.69, 9.17) is 9.47 Å². The smallest absolute Gasteiger partial charge is 0.381 e. The van der Waals surface area contributed by atoms with Crippen molar-refractivity contribution in [2.75, 3.05) is 20.3 Å². The van der Waals surface area contributed by atoms with Crippen LogP contribution in [-0.2, 0) is 32.0 Å². The normalized spacial score (nSPS) is 23.6. The summed E-state index contributed by atoms with van der Waals surface area (Å²) in [6.45, 7) is 3.86. The molecule has 4 rings (SSSR count). The molecule has 0 amide bonds. The molecule has 2 atom stereocenters. The lowest BCUT2D eigenvalue weighted by Crippen LogP contribution is -2.43. The van der Waals surface area contributed by atoms with Crippen molar-refractivity contribution in [1.82, 2.24) is 9.78 Å². The van der Waals surface area contributed by atoms with Gasteiger partial charge in [-0.15, -0.1) is 0 Å². The van der Waals surface area contributed by atoms with E-state index in [1.54, 1.807) is 10.9 Å². The quantitative estimate of drug-likeness (QED) is 0.656. The second-order valence-corrected chi connectivity index (χ2v) is 11.0. The molecule has 1 aromatic carbocycles. The summed E-state index contributed by atoms with van der Waals surface area (Å²) in [5.41, 5.74) is -0.412. The highest BCUT2D eigenvalue weighted by molar-refractivity contribution is 7.92. The van der Waals surface area contributed by atoms with Crippen LogP contribution < -0.4 is 0 Å². The van der Waals surface area contributed by atoms with E-state index in [1.807, 2.05) is 0 Å². The van der Waals surface area contributed by atoms with Crippen molar-refractivity contribution in [2.24, 2.45) is 5.41 Å². The van der Waals surface area contributed by atoms with Crippen molar-refractivity contribution >= 4 is 9.84 Å². The Hall–Kier alpha value is -1.91. The zero-order chi connectivity index (χ0) is 22.4. The van der Waals surface area contributed by atoms with Gasteiger partial charge in [0.2, 0.25) is 0 Å². The molecule has 10 heteroatoms. The zero-order valence-corrected chi connectivity index (χ0v) is 18.2. The molecule has 0 spiro atoms. The summed E-state index contributed by atoms with van der Waals surface area (Å²) >= 11 is 0. The Balaban J connectivity index is 1.66. The lowest BCUT2D eigenvalue weighted by molar-refractivity contribution is -0.139. The van der Waals surface area contributed by atoms with E-state index < -0.39 is 31.7 Å². The number of halogens is 3. The number of benzene rings is 1. The lowest BCUT2D eigenvalue weighted by atomic mass is 9.89. The standard InChI is InChI=1S/C21H25F3N2O4S/c1-20(12-30-13-20)11-26-10-15(9-25-26)14-3-6-19(18(7-14)21(22,23)24)31(27,28)17-5-4-16(8-17)29-2/h3,6-7,9-10,16-17H,4-5,8,11-13H2,1-2H3/t16-,17+/m0/s1. The van der Waals surface area contributed by atoms with Crippen LogP contribution in [0.25, 0.3) is 11.1 Å². The third-order valence-corrected chi connectivity index (χ3v) is 8.39. The Morgan fingerprint density at radius 3 is 2.58 bits per heavy atom. The molecule has 170 valence electrons. The Morgan fingerprint density at radius 1 is 1.26 bits per heavy atom. The fourth-order valence-electron chi connectivity index (χ4n) is 4.29. The van der Waals surface area contributed by atoms with Crippen molar-refractivity contribution in [2.45, 2.75) is 55.2 Å². The van der Waals surface area contributed by atoms with E-state index in [1.165, 1.54) is 19.4 Å². The largest absolute Gasteiger partial charge is 0.417 e. The van der Waals surface area contributed by atoms with Crippen molar-refractivity contribution in [1.29, 1.82) is 0 Å². The molecule has 2 heterocycles. The summed E-state index contributed by atoms with van der Waals surface area (Å²) in [5.74, 6) is 0. The summed E-state index contributed by atoms with van der Waals surface area (Å²) < 4.78 is 79.7. The maximum Gasteiger partial charge on any atom is 0.417 e. The van der Waals surface area contributed by atoms with Crippen molar-refractivity contribution in [3.63, 3.8) is 0 Å². The van der Waals surface area contributed by atoms with Crippen LogP contribution in [0.3, 0.4) is 0 Å². The number of ether oxygens (including phenoxy) is 2. The predicted octanol–water partition coefficient (Wildman–Crippen LogP) is 3.95. The number of aromatic nitrogens is 2. The summed E-state index contributed by atoms with van der Waals surface area (Å²) in [6.07, 6.45) is -0.877. The number of sulfone groups is 1. The molecule has 31 heavy (non-hydrogen) atoms. The van der Waals surface area contributed by atoms with Gasteiger partial charge >= 0.3 is 6.18 Å². The molecule has 6 nitrogen and oxygen atoms in total. The van der Waals surface area contributed by atoms with Crippen LogP contribution in [0.1, 0.15) is 31.7 Å². The fourth-order valence-corrected chi connectivity index (χ4v) is 6.30. The Morgan fingerprint density at radius 2 is 2.00 bits per heavy atom. The minimum Gasteiger partial charge on any atom is -0.381 e. The Bertz CT molecular complexity index is 1060. The summed E-state index contributed by atoms with van der Waals surface area (Å²) in [7, 11) is -2.66.